The summed E-state index contributed by atoms with van der Waals surface area (Å²) in [6.45, 7) is 3.43. The van der Waals surface area contributed by atoms with Crippen molar-refractivity contribution in [2.75, 3.05) is 17.7 Å². The molecule has 31 heavy (non-hydrogen) atoms. The van der Waals surface area contributed by atoms with Crippen molar-refractivity contribution in [3.8, 4) is 16.9 Å². The Morgan fingerprint density at radius 2 is 1.74 bits per heavy atom. The normalized spacial score (nSPS) is 10.5. The lowest BCUT2D eigenvalue weighted by Gasteiger charge is -2.09. The van der Waals surface area contributed by atoms with Crippen LogP contribution in [0.4, 0.5) is 11.5 Å². The van der Waals surface area contributed by atoms with Crippen LogP contribution in [-0.4, -0.2) is 29.1 Å². The number of fused-ring (bicyclic) bond motifs is 1. The van der Waals surface area contributed by atoms with Crippen molar-refractivity contribution in [1.82, 2.24) is 10.2 Å². The van der Waals surface area contributed by atoms with E-state index >= 15 is 0 Å². The van der Waals surface area contributed by atoms with Gasteiger partial charge in [-0.2, -0.15) is 5.10 Å². The lowest BCUT2D eigenvalue weighted by atomic mass is 10.0. The maximum absolute atomic E-state index is 12.8. The predicted molar refractivity (Wildman–Crippen MR) is 121 cm³/mol. The molecular weight excluding hydrogens is 392 g/mol. The number of carbonyl (C=O) groups is 2. The molecule has 0 spiro atoms. The van der Waals surface area contributed by atoms with Gasteiger partial charge in [0.15, 0.2) is 5.82 Å². The van der Waals surface area contributed by atoms with Gasteiger partial charge in [0, 0.05) is 5.39 Å². The number of rotatable bonds is 6. The molecule has 3 N–H and O–H groups in total. The molecule has 0 saturated carbocycles. The van der Waals surface area contributed by atoms with Crippen LogP contribution in [0, 0.1) is 0 Å². The number of benzene rings is 3. The number of methoxy groups -OCH3 is 1. The summed E-state index contributed by atoms with van der Waals surface area (Å²) in [5, 5.41) is 13.4. The number of nitrogens with zero attached hydrogens (tertiary/aromatic N) is 1. The van der Waals surface area contributed by atoms with Gasteiger partial charge in [-0.25, -0.2) is 0 Å². The third-order valence-corrected chi connectivity index (χ3v) is 4.83. The van der Waals surface area contributed by atoms with Gasteiger partial charge < -0.3 is 15.4 Å². The highest BCUT2D eigenvalue weighted by molar-refractivity contribution is 6.13. The molecule has 7 heteroatoms. The van der Waals surface area contributed by atoms with Crippen LogP contribution < -0.4 is 15.4 Å². The van der Waals surface area contributed by atoms with Crippen molar-refractivity contribution in [1.29, 1.82) is 0 Å². The van der Waals surface area contributed by atoms with Gasteiger partial charge >= 0.3 is 0 Å². The van der Waals surface area contributed by atoms with Crippen molar-refractivity contribution >= 4 is 34.2 Å². The minimum atomic E-state index is -0.392. The first-order valence-electron chi connectivity index (χ1n) is 9.55. The molecule has 4 rings (SSSR count). The van der Waals surface area contributed by atoms with Crippen molar-refractivity contribution in [3.63, 3.8) is 0 Å². The van der Waals surface area contributed by atoms with Crippen LogP contribution in [0.1, 0.15) is 10.4 Å². The third kappa shape index (κ3) is 4.16. The Morgan fingerprint density at radius 3 is 2.48 bits per heavy atom. The van der Waals surface area contributed by atoms with Gasteiger partial charge in [-0.3, -0.25) is 14.7 Å². The van der Waals surface area contributed by atoms with E-state index in [4.69, 9.17) is 4.74 Å². The number of amides is 2. The second-order valence-corrected chi connectivity index (χ2v) is 6.75. The minimum Gasteiger partial charge on any atom is -0.497 e. The first kappa shape index (κ1) is 19.9. The summed E-state index contributed by atoms with van der Waals surface area (Å²) in [5.41, 5.74) is 3.55. The van der Waals surface area contributed by atoms with E-state index in [1.165, 1.54) is 0 Å². The zero-order valence-corrected chi connectivity index (χ0v) is 16.8. The smallest absolute Gasteiger partial charge is 0.258 e. The Morgan fingerprint density at radius 1 is 1.00 bits per heavy atom. The van der Waals surface area contributed by atoms with Gasteiger partial charge in [-0.05, 0) is 53.6 Å². The molecule has 0 atom stereocenters. The number of carbonyl (C=O) groups excluding carboxylic acids is 2. The van der Waals surface area contributed by atoms with Gasteiger partial charge in [-0.15, -0.1) is 0 Å². The minimum absolute atomic E-state index is 0.323. The molecule has 0 aliphatic rings. The standard InChI is InChI=1S/C24H20N4O3/c1-3-22(29)25-20-7-5-4-6-19(20)24(30)26-23-18-13-10-16(14-21(18)27-28-23)15-8-11-17(31-2)12-9-15/h3-14H,1H2,2H3,(H,25,29)(H2,26,27,28,30). The van der Waals surface area contributed by atoms with Crippen molar-refractivity contribution in [2.45, 2.75) is 0 Å². The van der Waals surface area contributed by atoms with E-state index in [-0.39, 0.29) is 5.91 Å². The largest absolute Gasteiger partial charge is 0.497 e. The number of aromatic nitrogens is 2. The summed E-state index contributed by atoms with van der Waals surface area (Å²) in [4.78, 5) is 24.5. The van der Waals surface area contributed by atoms with Gasteiger partial charge in [-0.1, -0.05) is 36.9 Å². The fraction of sp³-hybridized carbons (Fsp3) is 0.0417. The highest BCUT2D eigenvalue weighted by Crippen LogP contribution is 2.28. The van der Waals surface area contributed by atoms with Crippen LogP contribution in [0.3, 0.4) is 0 Å². The van der Waals surface area contributed by atoms with E-state index < -0.39 is 5.91 Å². The average Bonchev–Trinajstić information content (AvgIpc) is 3.21. The number of H-pyrrole nitrogens is 1. The first-order chi connectivity index (χ1) is 15.1. The van der Waals surface area contributed by atoms with Gasteiger partial charge in [0.1, 0.15) is 5.75 Å². The number of para-hydroxylation sites is 1. The van der Waals surface area contributed by atoms with E-state index in [9.17, 15) is 9.59 Å². The summed E-state index contributed by atoms with van der Waals surface area (Å²) in [6.07, 6.45) is 1.15. The number of anilines is 2. The maximum Gasteiger partial charge on any atom is 0.258 e. The fourth-order valence-corrected chi connectivity index (χ4v) is 3.23. The molecule has 154 valence electrons. The molecular formula is C24H20N4O3. The Labute approximate surface area is 178 Å². The van der Waals surface area contributed by atoms with Gasteiger partial charge in [0.05, 0.1) is 23.9 Å². The Bertz CT molecular complexity index is 1280. The molecule has 1 aromatic heterocycles. The monoisotopic (exact) mass is 412 g/mol. The number of ether oxygens (including phenoxy) is 1. The highest BCUT2D eigenvalue weighted by Gasteiger charge is 2.15. The van der Waals surface area contributed by atoms with E-state index in [1.807, 2.05) is 42.5 Å². The van der Waals surface area contributed by atoms with E-state index in [2.05, 4.69) is 27.4 Å². The zero-order valence-electron chi connectivity index (χ0n) is 16.8. The Kier molecular flexibility index (Phi) is 5.49. The molecule has 1 heterocycles. The molecule has 0 radical (unpaired) electrons. The molecule has 2 amide bonds. The molecule has 0 unspecified atom stereocenters. The van der Waals surface area contributed by atoms with Crippen LogP contribution >= 0.6 is 0 Å². The molecule has 0 bridgehead atoms. The SMILES string of the molecule is C=CC(=O)Nc1ccccc1C(=O)Nc1n[nH]c2cc(-c3ccc(OC)cc3)ccc12. The topological polar surface area (TPSA) is 96.1 Å². The quantitative estimate of drug-likeness (QED) is 0.403. The Hall–Kier alpha value is -4.39. The molecule has 0 fully saturated rings. The van der Waals surface area contributed by atoms with Crippen molar-refractivity contribution in [2.24, 2.45) is 0 Å². The number of nitrogens with one attached hydrogen (secondary N) is 3. The van der Waals surface area contributed by atoms with E-state index in [1.54, 1.807) is 31.4 Å². The molecule has 3 aromatic carbocycles. The van der Waals surface area contributed by atoms with Gasteiger partial charge in [0.25, 0.3) is 5.91 Å². The number of hydrogen-bond acceptors (Lipinski definition) is 4. The van der Waals surface area contributed by atoms with Crippen LogP contribution in [0.25, 0.3) is 22.0 Å². The molecule has 4 aromatic rings. The van der Waals surface area contributed by atoms with Crippen LogP contribution in [-0.2, 0) is 4.79 Å². The van der Waals surface area contributed by atoms with E-state index in [0.29, 0.717) is 17.1 Å². The van der Waals surface area contributed by atoms with Gasteiger partial charge in [0.2, 0.25) is 5.91 Å². The average molecular weight is 412 g/mol. The molecule has 0 aliphatic heterocycles. The van der Waals surface area contributed by atoms with Crippen LogP contribution in [0.15, 0.2) is 79.4 Å². The summed E-state index contributed by atoms with van der Waals surface area (Å²) < 4.78 is 5.20. The second kappa shape index (κ2) is 8.54. The predicted octanol–water partition coefficient (Wildman–Crippen LogP) is 4.62. The highest BCUT2D eigenvalue weighted by atomic mass is 16.5. The maximum atomic E-state index is 12.8. The van der Waals surface area contributed by atoms with Crippen molar-refractivity contribution in [3.05, 3.63) is 84.9 Å². The van der Waals surface area contributed by atoms with Crippen molar-refractivity contribution < 1.29 is 14.3 Å². The lowest BCUT2D eigenvalue weighted by molar-refractivity contribution is -0.111. The summed E-state index contributed by atoms with van der Waals surface area (Å²) in [7, 11) is 1.63. The van der Waals surface area contributed by atoms with Crippen LogP contribution in [0.5, 0.6) is 5.75 Å². The van der Waals surface area contributed by atoms with E-state index in [0.717, 1.165) is 33.9 Å². The summed E-state index contributed by atoms with van der Waals surface area (Å²) in [5.74, 6) is 0.427. The van der Waals surface area contributed by atoms with Crippen LogP contribution in [0.2, 0.25) is 0 Å². The molecule has 7 nitrogen and oxygen atoms in total. The summed E-state index contributed by atoms with van der Waals surface area (Å²) in [6, 6.07) is 20.3. The number of hydrogen-bond donors (Lipinski definition) is 3. The second-order valence-electron chi connectivity index (χ2n) is 6.75. The first-order valence-corrected chi connectivity index (χ1v) is 9.55. The molecule has 0 saturated heterocycles. The zero-order chi connectivity index (χ0) is 21.8. The molecule has 0 aliphatic carbocycles. The lowest BCUT2D eigenvalue weighted by Crippen LogP contribution is -2.17. The summed E-state index contributed by atoms with van der Waals surface area (Å²) >= 11 is 0. The third-order valence-electron chi connectivity index (χ3n) is 4.83. The number of aromatic amines is 1. The fourth-order valence-electron chi connectivity index (χ4n) is 3.23. The Balaban J connectivity index is 1.59.